The van der Waals surface area contributed by atoms with Crippen molar-refractivity contribution in [2.75, 3.05) is 5.32 Å². The zero-order valence-electron chi connectivity index (χ0n) is 11.5. The molecule has 5 nitrogen and oxygen atoms in total. The molecule has 0 aromatic heterocycles. The molecule has 108 valence electrons. The Bertz CT molecular complexity index is 729. The Hall–Kier alpha value is -2.40. The molecule has 1 N–H and O–H groups in total. The third-order valence-electron chi connectivity index (χ3n) is 3.10. The highest BCUT2D eigenvalue weighted by Gasteiger charge is 2.15. The second-order valence-electron chi connectivity index (χ2n) is 4.68. The number of anilines is 1. The standard InChI is InChI=1S/C15H13ClN2O3/c1-9-4-6-12(8-13(9)16)17-15(19)11-5-3-10(2)14(7-11)18(20)21/h3-8H,1-2H3,(H,17,19). The first-order chi connectivity index (χ1) is 9.88. The smallest absolute Gasteiger partial charge is 0.273 e. The van der Waals surface area contributed by atoms with Gasteiger partial charge in [-0.25, -0.2) is 0 Å². The van der Waals surface area contributed by atoms with Gasteiger partial charge in [0.15, 0.2) is 0 Å². The maximum absolute atomic E-state index is 12.1. The van der Waals surface area contributed by atoms with Crippen molar-refractivity contribution < 1.29 is 9.72 Å². The molecule has 2 aromatic rings. The van der Waals surface area contributed by atoms with Crippen LogP contribution < -0.4 is 5.32 Å². The number of amides is 1. The molecule has 0 bridgehead atoms. The number of benzene rings is 2. The highest BCUT2D eigenvalue weighted by atomic mass is 35.5. The maximum Gasteiger partial charge on any atom is 0.273 e. The number of rotatable bonds is 3. The number of nitrogens with zero attached hydrogens (tertiary/aromatic N) is 1. The van der Waals surface area contributed by atoms with Crippen LogP contribution in [-0.4, -0.2) is 10.8 Å². The third kappa shape index (κ3) is 3.38. The Morgan fingerprint density at radius 2 is 1.81 bits per heavy atom. The first-order valence-corrected chi connectivity index (χ1v) is 6.59. The lowest BCUT2D eigenvalue weighted by Gasteiger charge is -2.07. The second kappa shape index (κ2) is 5.93. The monoisotopic (exact) mass is 304 g/mol. The summed E-state index contributed by atoms with van der Waals surface area (Å²) in [7, 11) is 0. The van der Waals surface area contributed by atoms with E-state index in [0.717, 1.165) is 5.56 Å². The summed E-state index contributed by atoms with van der Waals surface area (Å²) in [5, 5.41) is 14.1. The molecule has 1 amide bonds. The number of nitro groups is 1. The minimum Gasteiger partial charge on any atom is -0.322 e. The summed E-state index contributed by atoms with van der Waals surface area (Å²) in [6.07, 6.45) is 0. The summed E-state index contributed by atoms with van der Waals surface area (Å²) in [5.41, 5.74) is 2.10. The maximum atomic E-state index is 12.1. The number of aryl methyl sites for hydroxylation is 2. The van der Waals surface area contributed by atoms with Crippen LogP contribution in [0.3, 0.4) is 0 Å². The van der Waals surface area contributed by atoms with Crippen LogP contribution in [0.1, 0.15) is 21.5 Å². The molecule has 0 fully saturated rings. The van der Waals surface area contributed by atoms with Crippen LogP contribution in [0.5, 0.6) is 0 Å². The van der Waals surface area contributed by atoms with Crippen molar-refractivity contribution >= 4 is 28.9 Å². The fraction of sp³-hybridized carbons (Fsp3) is 0.133. The first-order valence-electron chi connectivity index (χ1n) is 6.21. The van der Waals surface area contributed by atoms with E-state index in [1.165, 1.54) is 6.07 Å². The molecule has 0 heterocycles. The van der Waals surface area contributed by atoms with Crippen molar-refractivity contribution in [3.8, 4) is 0 Å². The number of nitro benzene ring substituents is 1. The van der Waals surface area contributed by atoms with Gasteiger partial charge in [0.1, 0.15) is 0 Å². The van der Waals surface area contributed by atoms with E-state index in [4.69, 9.17) is 11.6 Å². The van der Waals surface area contributed by atoms with E-state index in [9.17, 15) is 14.9 Å². The molecule has 2 rings (SSSR count). The van der Waals surface area contributed by atoms with Gasteiger partial charge >= 0.3 is 0 Å². The highest BCUT2D eigenvalue weighted by Crippen LogP contribution is 2.22. The van der Waals surface area contributed by atoms with Crippen LogP contribution in [-0.2, 0) is 0 Å². The zero-order chi connectivity index (χ0) is 15.6. The summed E-state index contributed by atoms with van der Waals surface area (Å²) in [6.45, 7) is 3.48. The van der Waals surface area contributed by atoms with Crippen LogP contribution in [0.2, 0.25) is 5.02 Å². The predicted octanol–water partition coefficient (Wildman–Crippen LogP) is 4.12. The Morgan fingerprint density at radius 1 is 1.14 bits per heavy atom. The van der Waals surface area contributed by atoms with E-state index in [-0.39, 0.29) is 11.3 Å². The molecule has 0 aliphatic carbocycles. The van der Waals surface area contributed by atoms with Gasteiger partial charge < -0.3 is 5.32 Å². The van der Waals surface area contributed by atoms with Gasteiger partial charge in [0.25, 0.3) is 11.6 Å². The van der Waals surface area contributed by atoms with Crippen LogP contribution in [0, 0.1) is 24.0 Å². The molecule has 0 aliphatic heterocycles. The molecule has 0 unspecified atom stereocenters. The molecule has 2 aromatic carbocycles. The van der Waals surface area contributed by atoms with Crippen molar-refractivity contribution in [3.63, 3.8) is 0 Å². The SMILES string of the molecule is Cc1ccc(NC(=O)c2ccc(C)c([N+](=O)[O-])c2)cc1Cl. The second-order valence-corrected chi connectivity index (χ2v) is 5.08. The third-order valence-corrected chi connectivity index (χ3v) is 3.50. The van der Waals surface area contributed by atoms with E-state index >= 15 is 0 Å². The van der Waals surface area contributed by atoms with Gasteiger partial charge in [-0.05, 0) is 37.6 Å². The predicted molar refractivity (Wildman–Crippen MR) is 82.0 cm³/mol. The summed E-state index contributed by atoms with van der Waals surface area (Å²) in [6, 6.07) is 9.51. The zero-order valence-corrected chi connectivity index (χ0v) is 12.3. The van der Waals surface area contributed by atoms with Crippen molar-refractivity contribution in [1.82, 2.24) is 0 Å². The quantitative estimate of drug-likeness (QED) is 0.685. The highest BCUT2D eigenvalue weighted by molar-refractivity contribution is 6.31. The van der Waals surface area contributed by atoms with Gasteiger partial charge in [-0.3, -0.25) is 14.9 Å². The average molecular weight is 305 g/mol. The fourth-order valence-electron chi connectivity index (χ4n) is 1.82. The van der Waals surface area contributed by atoms with E-state index in [2.05, 4.69) is 5.32 Å². The first kappa shape index (κ1) is 15.0. The van der Waals surface area contributed by atoms with E-state index < -0.39 is 10.8 Å². The van der Waals surface area contributed by atoms with Gasteiger partial charge in [0.05, 0.1) is 4.92 Å². The Morgan fingerprint density at radius 3 is 2.43 bits per heavy atom. The molecule has 21 heavy (non-hydrogen) atoms. The van der Waals surface area contributed by atoms with E-state index in [0.29, 0.717) is 16.3 Å². The Kier molecular flexibility index (Phi) is 4.23. The Balaban J connectivity index is 2.26. The lowest BCUT2D eigenvalue weighted by Crippen LogP contribution is -2.12. The van der Waals surface area contributed by atoms with Crippen molar-refractivity contribution in [3.05, 3.63) is 68.2 Å². The van der Waals surface area contributed by atoms with E-state index in [1.807, 2.05) is 6.92 Å². The van der Waals surface area contributed by atoms with Gasteiger partial charge in [-0.15, -0.1) is 0 Å². The molecule has 0 saturated carbocycles. The largest absolute Gasteiger partial charge is 0.322 e. The lowest BCUT2D eigenvalue weighted by atomic mass is 10.1. The lowest BCUT2D eigenvalue weighted by molar-refractivity contribution is -0.385. The molecule has 0 aliphatic rings. The van der Waals surface area contributed by atoms with Crippen LogP contribution in [0.25, 0.3) is 0 Å². The van der Waals surface area contributed by atoms with E-state index in [1.54, 1.807) is 37.3 Å². The molecule has 0 radical (unpaired) electrons. The minimum absolute atomic E-state index is 0.0791. The van der Waals surface area contributed by atoms with Gasteiger partial charge in [-0.2, -0.15) is 0 Å². The van der Waals surface area contributed by atoms with Crippen molar-refractivity contribution in [2.24, 2.45) is 0 Å². The molecule has 0 spiro atoms. The molecular formula is C15H13ClN2O3. The molecule has 0 atom stereocenters. The minimum atomic E-state index is -0.505. The molecular weight excluding hydrogens is 292 g/mol. The Labute approximate surface area is 126 Å². The average Bonchev–Trinajstić information content (AvgIpc) is 2.43. The number of carbonyl (C=O) groups is 1. The number of nitrogens with one attached hydrogen (secondary N) is 1. The van der Waals surface area contributed by atoms with Crippen molar-refractivity contribution in [1.29, 1.82) is 0 Å². The van der Waals surface area contributed by atoms with Crippen LogP contribution in [0.15, 0.2) is 36.4 Å². The summed E-state index contributed by atoms with van der Waals surface area (Å²) >= 11 is 5.99. The number of halogens is 1. The van der Waals surface area contributed by atoms with Gasteiger partial charge in [0.2, 0.25) is 0 Å². The van der Waals surface area contributed by atoms with Crippen LogP contribution in [0.4, 0.5) is 11.4 Å². The normalized spacial score (nSPS) is 10.2. The van der Waals surface area contributed by atoms with Crippen molar-refractivity contribution in [2.45, 2.75) is 13.8 Å². The summed E-state index contributed by atoms with van der Waals surface area (Å²) < 4.78 is 0. The van der Waals surface area contributed by atoms with Gasteiger partial charge in [0, 0.05) is 27.9 Å². The van der Waals surface area contributed by atoms with Crippen LogP contribution >= 0.6 is 11.6 Å². The summed E-state index contributed by atoms with van der Waals surface area (Å²) in [4.78, 5) is 22.5. The molecule has 0 saturated heterocycles. The fourth-order valence-corrected chi connectivity index (χ4v) is 2.00. The van der Waals surface area contributed by atoms with Gasteiger partial charge in [-0.1, -0.05) is 23.7 Å². The number of carbonyl (C=O) groups excluding carboxylic acids is 1. The number of hydrogen-bond donors (Lipinski definition) is 1. The number of hydrogen-bond acceptors (Lipinski definition) is 3. The topological polar surface area (TPSA) is 72.2 Å². The molecule has 6 heteroatoms. The summed E-state index contributed by atoms with van der Waals surface area (Å²) in [5.74, 6) is -0.419.